The first-order chi connectivity index (χ1) is 15.5. The molecule has 2 aliphatic carbocycles. The van der Waals surface area contributed by atoms with Crippen molar-refractivity contribution in [2.75, 3.05) is 0 Å². The summed E-state index contributed by atoms with van der Waals surface area (Å²) in [4.78, 5) is 57.8. The average Bonchev–Trinajstić information content (AvgIpc) is 3.20. The molecule has 4 aliphatic rings. The summed E-state index contributed by atoms with van der Waals surface area (Å²) in [5, 5.41) is 0.983. The number of thiophene rings is 1. The molecule has 1 aromatic carbocycles. The molecule has 166 valence electrons. The quantitative estimate of drug-likeness (QED) is 0.494. The molecule has 0 saturated heterocycles. The highest BCUT2D eigenvalue weighted by Gasteiger charge is 2.46. The number of hydrogen-bond acceptors (Lipinski definition) is 5. The molecule has 6 rings (SSSR count). The Morgan fingerprint density at radius 3 is 1.75 bits per heavy atom. The second-order valence-corrected chi connectivity index (χ2v) is 11.2. The lowest BCUT2D eigenvalue weighted by Crippen LogP contribution is -2.48. The third-order valence-electron chi connectivity index (χ3n) is 7.53. The van der Waals surface area contributed by atoms with Gasteiger partial charge in [0.15, 0.2) is 0 Å². The van der Waals surface area contributed by atoms with Crippen molar-refractivity contribution in [2.24, 2.45) is 0 Å². The van der Waals surface area contributed by atoms with Crippen LogP contribution in [0.3, 0.4) is 0 Å². The van der Waals surface area contributed by atoms with E-state index in [0.717, 1.165) is 75.5 Å². The van der Waals surface area contributed by atoms with Crippen LogP contribution in [0.15, 0.2) is 10.5 Å². The maximum absolute atomic E-state index is 13.5. The van der Waals surface area contributed by atoms with Crippen molar-refractivity contribution in [1.29, 1.82) is 0 Å². The topological polar surface area (TPSA) is 74.8 Å². The van der Waals surface area contributed by atoms with Crippen LogP contribution in [0.1, 0.15) is 104 Å². The molecule has 1 aromatic heterocycles. The maximum atomic E-state index is 13.5. The van der Waals surface area contributed by atoms with Gasteiger partial charge in [0.05, 0.1) is 11.1 Å². The molecular weight excluding hydrogens is 492 g/mol. The van der Waals surface area contributed by atoms with Crippen molar-refractivity contribution in [3.63, 3.8) is 0 Å². The fourth-order valence-corrected chi connectivity index (χ4v) is 7.78. The highest BCUT2D eigenvalue weighted by Crippen LogP contribution is 2.47. The second-order valence-electron chi connectivity index (χ2n) is 9.34. The summed E-state index contributed by atoms with van der Waals surface area (Å²) in [5.74, 6) is -1.24. The van der Waals surface area contributed by atoms with Crippen molar-refractivity contribution >= 4 is 61.7 Å². The fraction of sp³-hybridized carbons (Fsp3) is 0.500. The van der Waals surface area contributed by atoms with Crippen LogP contribution in [0.2, 0.25) is 0 Å². The van der Waals surface area contributed by atoms with E-state index >= 15 is 0 Å². The first-order valence-corrected chi connectivity index (χ1v) is 13.1. The number of halogens is 1. The molecule has 6 nitrogen and oxygen atoms in total. The molecule has 3 heterocycles. The Kier molecular flexibility index (Phi) is 4.80. The number of hydrogen-bond donors (Lipinski definition) is 0. The fourth-order valence-electron chi connectivity index (χ4n) is 5.99. The SMILES string of the molecule is O=C1c2cc(Br)c3c4c(sc(c24)C(=O)N1C1CCCCC1)C(=O)N(C1CCCCC1)C3=O. The van der Waals surface area contributed by atoms with Gasteiger partial charge in [0.1, 0.15) is 9.75 Å². The predicted molar refractivity (Wildman–Crippen MR) is 124 cm³/mol. The van der Waals surface area contributed by atoms with Crippen LogP contribution in [0, 0.1) is 0 Å². The molecule has 0 bridgehead atoms. The van der Waals surface area contributed by atoms with Gasteiger partial charge in [-0.2, -0.15) is 0 Å². The minimum atomic E-state index is -0.314. The minimum Gasteiger partial charge on any atom is -0.271 e. The van der Waals surface area contributed by atoms with E-state index in [1.54, 1.807) is 6.07 Å². The van der Waals surface area contributed by atoms with Crippen molar-refractivity contribution in [3.05, 3.63) is 31.4 Å². The van der Waals surface area contributed by atoms with Gasteiger partial charge in [0.2, 0.25) is 0 Å². The Bertz CT molecular complexity index is 1210. The van der Waals surface area contributed by atoms with Gasteiger partial charge in [-0.1, -0.05) is 38.5 Å². The van der Waals surface area contributed by atoms with Gasteiger partial charge >= 0.3 is 0 Å². The molecule has 0 N–H and O–H groups in total. The van der Waals surface area contributed by atoms with E-state index in [1.807, 2.05) is 0 Å². The standard InChI is InChI=1S/C24H23BrN2O4S/c25-15-11-14-16-18-17(15)22(29)27(13-9-5-2-6-10-13)24(31)20(18)32-19(16)23(30)26(21(14)28)12-7-3-1-4-8-12/h11-13H,1-10H2. The summed E-state index contributed by atoms with van der Waals surface area (Å²) in [5.41, 5.74) is 0.836. The number of amides is 4. The normalized spacial score (nSPS) is 22.4. The first-order valence-electron chi connectivity index (χ1n) is 11.5. The highest BCUT2D eigenvalue weighted by atomic mass is 79.9. The van der Waals surface area contributed by atoms with Crippen molar-refractivity contribution in [3.8, 4) is 0 Å². The minimum absolute atomic E-state index is 0.0999. The number of benzene rings is 1. The first kappa shape index (κ1) is 20.5. The maximum Gasteiger partial charge on any atom is 0.271 e. The van der Waals surface area contributed by atoms with Gasteiger partial charge in [-0.25, -0.2) is 0 Å². The summed E-state index contributed by atoms with van der Waals surface area (Å²) in [6, 6.07) is 1.48. The molecule has 2 aliphatic heterocycles. The Morgan fingerprint density at radius 1 is 0.688 bits per heavy atom. The number of rotatable bonds is 2. The van der Waals surface area contributed by atoms with Crippen molar-refractivity contribution in [1.82, 2.24) is 9.80 Å². The molecule has 32 heavy (non-hydrogen) atoms. The lowest BCUT2D eigenvalue weighted by Gasteiger charge is -2.36. The Balaban J connectivity index is 1.53. The number of carbonyl (C=O) groups is 4. The number of nitrogens with zero attached hydrogens (tertiary/aromatic N) is 2. The van der Waals surface area contributed by atoms with E-state index in [9.17, 15) is 19.2 Å². The van der Waals surface area contributed by atoms with Crippen LogP contribution >= 0.6 is 27.3 Å². The van der Waals surface area contributed by atoms with E-state index in [2.05, 4.69) is 15.9 Å². The van der Waals surface area contributed by atoms with Gasteiger partial charge in [-0.05, 0) is 47.7 Å². The summed E-state index contributed by atoms with van der Waals surface area (Å²) in [7, 11) is 0. The third-order valence-corrected chi connectivity index (χ3v) is 9.32. The van der Waals surface area contributed by atoms with Crippen LogP contribution < -0.4 is 0 Å². The van der Waals surface area contributed by atoms with Crippen LogP contribution in [-0.4, -0.2) is 45.5 Å². The summed E-state index contributed by atoms with van der Waals surface area (Å²) < 4.78 is 0.523. The van der Waals surface area contributed by atoms with E-state index in [4.69, 9.17) is 0 Å². The Labute approximate surface area is 198 Å². The zero-order valence-corrected chi connectivity index (χ0v) is 20.0. The molecule has 2 fully saturated rings. The molecule has 8 heteroatoms. The molecule has 0 spiro atoms. The molecule has 2 saturated carbocycles. The molecule has 0 atom stereocenters. The Hall–Kier alpha value is -2.06. The van der Waals surface area contributed by atoms with Crippen LogP contribution in [0.5, 0.6) is 0 Å². The van der Waals surface area contributed by atoms with Crippen LogP contribution in [0.4, 0.5) is 0 Å². The molecule has 2 aromatic rings. The molecule has 0 radical (unpaired) electrons. The predicted octanol–water partition coefficient (Wildman–Crippen LogP) is 5.52. The van der Waals surface area contributed by atoms with Gasteiger partial charge in [0, 0.05) is 27.3 Å². The smallest absolute Gasteiger partial charge is 0.271 e. The summed E-state index contributed by atoms with van der Waals surface area (Å²) >= 11 is 4.69. The second kappa shape index (κ2) is 7.48. The average molecular weight is 515 g/mol. The summed E-state index contributed by atoms with van der Waals surface area (Å²) in [6.07, 6.45) is 9.54. The van der Waals surface area contributed by atoms with Gasteiger partial charge in [-0.3, -0.25) is 29.0 Å². The highest BCUT2D eigenvalue weighted by molar-refractivity contribution is 9.10. The van der Waals surface area contributed by atoms with Crippen LogP contribution in [-0.2, 0) is 0 Å². The zero-order valence-electron chi connectivity index (χ0n) is 17.6. The monoisotopic (exact) mass is 514 g/mol. The van der Waals surface area contributed by atoms with Gasteiger partial charge in [0.25, 0.3) is 23.6 Å². The summed E-state index contributed by atoms with van der Waals surface area (Å²) in [6.45, 7) is 0. The van der Waals surface area contributed by atoms with Crippen LogP contribution in [0.25, 0.3) is 10.8 Å². The van der Waals surface area contributed by atoms with E-state index in [-0.39, 0.29) is 35.7 Å². The number of carbonyl (C=O) groups excluding carboxylic acids is 4. The third kappa shape index (κ3) is 2.75. The van der Waals surface area contributed by atoms with E-state index < -0.39 is 0 Å². The lowest BCUT2D eigenvalue weighted by molar-refractivity contribution is 0.0488. The largest absolute Gasteiger partial charge is 0.271 e. The Morgan fingerprint density at radius 2 is 1.19 bits per heavy atom. The molecular formula is C24H23BrN2O4S. The van der Waals surface area contributed by atoms with Gasteiger partial charge in [-0.15, -0.1) is 11.3 Å². The van der Waals surface area contributed by atoms with Gasteiger partial charge < -0.3 is 0 Å². The molecule has 0 unspecified atom stereocenters. The van der Waals surface area contributed by atoms with E-state index in [0.29, 0.717) is 36.1 Å². The number of imide groups is 2. The van der Waals surface area contributed by atoms with Crippen molar-refractivity contribution < 1.29 is 19.2 Å². The van der Waals surface area contributed by atoms with Crippen molar-refractivity contribution in [2.45, 2.75) is 76.3 Å². The molecule has 4 amide bonds. The van der Waals surface area contributed by atoms with E-state index in [1.165, 1.54) is 9.80 Å². The lowest BCUT2D eigenvalue weighted by atomic mass is 9.88. The zero-order chi connectivity index (χ0) is 22.1.